The van der Waals surface area contributed by atoms with Crippen molar-refractivity contribution in [1.82, 2.24) is 9.80 Å². The summed E-state index contributed by atoms with van der Waals surface area (Å²) in [4.78, 5) is 5.54. The molecule has 0 aromatic heterocycles. The number of hydrogen-bond acceptors (Lipinski definition) is 2. The zero-order valence-corrected chi connectivity index (χ0v) is 11.6. The highest BCUT2D eigenvalue weighted by molar-refractivity contribution is 4.97. The molecule has 1 saturated carbocycles. The van der Waals surface area contributed by atoms with Gasteiger partial charge in [-0.05, 0) is 56.7 Å². The minimum absolute atomic E-state index is 0.651. The van der Waals surface area contributed by atoms with Crippen molar-refractivity contribution in [2.75, 3.05) is 32.7 Å². The lowest BCUT2D eigenvalue weighted by Crippen LogP contribution is -2.44. The Bertz CT molecular complexity index is 274. The summed E-state index contributed by atoms with van der Waals surface area (Å²) >= 11 is 0. The first-order valence-electron chi connectivity index (χ1n) is 7.61. The van der Waals surface area contributed by atoms with E-state index in [0.717, 1.165) is 12.0 Å². The fraction of sp³-hybridized carbons (Fsp3) is 1.00. The molecule has 0 bridgehead atoms. The molecule has 0 aromatic carbocycles. The van der Waals surface area contributed by atoms with E-state index in [1.54, 1.807) is 0 Å². The van der Waals surface area contributed by atoms with Crippen LogP contribution in [-0.2, 0) is 0 Å². The van der Waals surface area contributed by atoms with Gasteiger partial charge in [0.2, 0.25) is 0 Å². The average Bonchev–Trinajstić information content (AvgIpc) is 2.94. The van der Waals surface area contributed by atoms with E-state index >= 15 is 0 Å². The van der Waals surface area contributed by atoms with Crippen molar-refractivity contribution in [3.63, 3.8) is 0 Å². The lowest BCUT2D eigenvalue weighted by atomic mass is 10.0. The molecule has 3 rings (SSSR count). The Morgan fingerprint density at radius 2 is 1.82 bits per heavy atom. The van der Waals surface area contributed by atoms with Crippen LogP contribution >= 0.6 is 0 Å². The van der Waals surface area contributed by atoms with Gasteiger partial charge in [-0.3, -0.25) is 4.90 Å². The molecule has 0 amide bonds. The summed E-state index contributed by atoms with van der Waals surface area (Å²) in [6, 6.07) is 0.883. The van der Waals surface area contributed by atoms with Crippen LogP contribution in [0.25, 0.3) is 0 Å². The second kappa shape index (κ2) is 4.55. The van der Waals surface area contributed by atoms with Gasteiger partial charge in [-0.1, -0.05) is 20.3 Å². The predicted octanol–water partition coefficient (Wildman–Crippen LogP) is 2.59. The van der Waals surface area contributed by atoms with Crippen LogP contribution in [0.15, 0.2) is 0 Å². The van der Waals surface area contributed by atoms with Gasteiger partial charge in [0, 0.05) is 19.1 Å². The Hall–Kier alpha value is -0.0800. The molecule has 0 N–H and O–H groups in total. The van der Waals surface area contributed by atoms with Gasteiger partial charge < -0.3 is 4.90 Å². The fourth-order valence-electron chi connectivity index (χ4n) is 3.81. The molecule has 2 saturated heterocycles. The number of piperidine rings is 1. The Morgan fingerprint density at radius 1 is 1.06 bits per heavy atom. The normalized spacial score (nSPS) is 38.5. The largest absolute Gasteiger partial charge is 0.301 e. The van der Waals surface area contributed by atoms with E-state index in [1.807, 2.05) is 0 Å². The lowest BCUT2D eigenvalue weighted by Gasteiger charge is -2.35. The summed E-state index contributed by atoms with van der Waals surface area (Å²) < 4.78 is 0. The third-order valence-corrected chi connectivity index (χ3v) is 5.33. The van der Waals surface area contributed by atoms with Gasteiger partial charge in [0.15, 0.2) is 0 Å². The van der Waals surface area contributed by atoms with E-state index in [0.29, 0.717) is 5.41 Å². The highest BCUT2D eigenvalue weighted by atomic mass is 15.2. The maximum atomic E-state index is 2.77. The molecule has 0 aromatic rings. The van der Waals surface area contributed by atoms with Crippen molar-refractivity contribution in [2.24, 2.45) is 11.3 Å². The number of fused-ring (bicyclic) bond motifs is 1. The monoisotopic (exact) mass is 236 g/mol. The molecule has 3 aliphatic rings. The van der Waals surface area contributed by atoms with Crippen molar-refractivity contribution in [1.29, 1.82) is 0 Å². The van der Waals surface area contributed by atoms with E-state index in [9.17, 15) is 0 Å². The Balaban J connectivity index is 1.55. The van der Waals surface area contributed by atoms with Gasteiger partial charge in [0.25, 0.3) is 0 Å². The smallest absolute Gasteiger partial charge is 0.0223 e. The molecule has 0 radical (unpaired) electrons. The zero-order valence-electron chi connectivity index (χ0n) is 11.6. The van der Waals surface area contributed by atoms with Crippen LogP contribution in [0.5, 0.6) is 0 Å². The van der Waals surface area contributed by atoms with E-state index < -0.39 is 0 Å². The molecule has 3 fully saturated rings. The summed E-state index contributed by atoms with van der Waals surface area (Å²) in [5.74, 6) is 0.984. The van der Waals surface area contributed by atoms with Crippen LogP contribution in [0.4, 0.5) is 0 Å². The summed E-state index contributed by atoms with van der Waals surface area (Å²) in [6.07, 6.45) is 7.20. The zero-order chi connectivity index (χ0) is 11.9. The molecule has 1 aliphatic carbocycles. The topological polar surface area (TPSA) is 6.48 Å². The number of hydrogen-bond donors (Lipinski definition) is 0. The van der Waals surface area contributed by atoms with Gasteiger partial charge in [0.1, 0.15) is 0 Å². The van der Waals surface area contributed by atoms with E-state index in [2.05, 4.69) is 23.6 Å². The van der Waals surface area contributed by atoms with Crippen molar-refractivity contribution in [3.8, 4) is 0 Å². The second-order valence-corrected chi connectivity index (χ2v) is 7.19. The SMILES string of the molecule is CC1(C)CC1CN1CCCN2CCCCC2C1. The third kappa shape index (κ3) is 2.68. The van der Waals surface area contributed by atoms with E-state index in [4.69, 9.17) is 0 Å². The predicted molar refractivity (Wildman–Crippen MR) is 72.2 cm³/mol. The first kappa shape index (κ1) is 12.0. The lowest BCUT2D eigenvalue weighted by molar-refractivity contribution is 0.134. The molecule has 2 heteroatoms. The van der Waals surface area contributed by atoms with Crippen LogP contribution in [0.3, 0.4) is 0 Å². The summed E-state index contributed by atoms with van der Waals surface area (Å²) in [7, 11) is 0. The van der Waals surface area contributed by atoms with Crippen molar-refractivity contribution in [2.45, 2.75) is 52.0 Å². The number of rotatable bonds is 2. The molecule has 2 heterocycles. The van der Waals surface area contributed by atoms with Crippen LogP contribution < -0.4 is 0 Å². The van der Waals surface area contributed by atoms with E-state index in [-0.39, 0.29) is 0 Å². The van der Waals surface area contributed by atoms with E-state index in [1.165, 1.54) is 64.8 Å². The molecule has 2 aliphatic heterocycles. The molecule has 0 spiro atoms. The van der Waals surface area contributed by atoms with Gasteiger partial charge in [-0.15, -0.1) is 0 Å². The van der Waals surface area contributed by atoms with Crippen molar-refractivity contribution in [3.05, 3.63) is 0 Å². The van der Waals surface area contributed by atoms with Crippen LogP contribution in [0.2, 0.25) is 0 Å². The van der Waals surface area contributed by atoms with Gasteiger partial charge in [-0.2, -0.15) is 0 Å². The maximum absolute atomic E-state index is 2.77. The van der Waals surface area contributed by atoms with Gasteiger partial charge >= 0.3 is 0 Å². The average molecular weight is 236 g/mol. The molecular formula is C15H28N2. The van der Waals surface area contributed by atoms with Crippen LogP contribution in [0.1, 0.15) is 46.0 Å². The minimum atomic E-state index is 0.651. The van der Waals surface area contributed by atoms with Crippen molar-refractivity contribution >= 4 is 0 Å². The molecule has 98 valence electrons. The van der Waals surface area contributed by atoms with Crippen molar-refractivity contribution < 1.29 is 0 Å². The molecule has 2 atom stereocenters. The molecule has 2 nitrogen and oxygen atoms in total. The summed E-state index contributed by atoms with van der Waals surface area (Å²) in [5, 5.41) is 0. The summed E-state index contributed by atoms with van der Waals surface area (Å²) in [6.45, 7) is 11.7. The quantitative estimate of drug-likeness (QED) is 0.727. The Kier molecular flexibility index (Phi) is 3.20. The second-order valence-electron chi connectivity index (χ2n) is 7.19. The first-order valence-corrected chi connectivity index (χ1v) is 7.61. The van der Waals surface area contributed by atoms with Gasteiger partial charge in [0.05, 0.1) is 0 Å². The first-order chi connectivity index (χ1) is 8.15. The minimum Gasteiger partial charge on any atom is -0.301 e. The highest BCUT2D eigenvalue weighted by Gasteiger charge is 2.46. The maximum Gasteiger partial charge on any atom is 0.0223 e. The fourth-order valence-corrected chi connectivity index (χ4v) is 3.81. The third-order valence-electron chi connectivity index (χ3n) is 5.33. The Labute approximate surface area is 106 Å². The number of nitrogens with zero attached hydrogens (tertiary/aromatic N) is 2. The standard InChI is InChI=1S/C15H28N2/c1-15(2)10-13(15)11-16-7-5-9-17-8-4-3-6-14(17)12-16/h13-14H,3-12H2,1-2H3. The Morgan fingerprint density at radius 3 is 2.59 bits per heavy atom. The summed E-state index contributed by atoms with van der Waals surface area (Å²) in [5.41, 5.74) is 0.651. The molecule has 2 unspecified atom stereocenters. The van der Waals surface area contributed by atoms with Gasteiger partial charge in [-0.25, -0.2) is 0 Å². The molecule has 17 heavy (non-hydrogen) atoms. The highest BCUT2D eigenvalue weighted by Crippen LogP contribution is 2.51. The molecular weight excluding hydrogens is 208 g/mol. The van der Waals surface area contributed by atoms with Crippen LogP contribution in [0, 0.1) is 11.3 Å². The van der Waals surface area contributed by atoms with Crippen LogP contribution in [-0.4, -0.2) is 48.6 Å².